The SMILES string of the molecule is CN[C@H](C)Cc1cc[c-]cc1.[U]. The van der Waals surface area contributed by atoms with Gasteiger partial charge in [-0.3, -0.25) is 0 Å². The van der Waals surface area contributed by atoms with Crippen LogP contribution in [0.15, 0.2) is 24.3 Å². The maximum absolute atomic E-state index is 3.20. The van der Waals surface area contributed by atoms with Gasteiger partial charge in [0.15, 0.2) is 0 Å². The summed E-state index contributed by atoms with van der Waals surface area (Å²) in [4.78, 5) is 0. The first-order chi connectivity index (χ1) is 5.33. The molecule has 64 valence electrons. The molecule has 1 N–H and O–H groups in total. The molecule has 2 heteroatoms. The van der Waals surface area contributed by atoms with E-state index in [4.69, 9.17) is 0 Å². The smallest absolute Gasteiger partial charge is 0.00561 e. The van der Waals surface area contributed by atoms with Gasteiger partial charge in [-0.2, -0.15) is 35.9 Å². The second-order valence-electron chi connectivity index (χ2n) is 2.80. The van der Waals surface area contributed by atoms with Crippen molar-refractivity contribution in [1.29, 1.82) is 0 Å². The van der Waals surface area contributed by atoms with Crippen LogP contribution in [0, 0.1) is 37.2 Å². The van der Waals surface area contributed by atoms with Gasteiger partial charge in [0.1, 0.15) is 0 Å². The summed E-state index contributed by atoms with van der Waals surface area (Å²) in [7, 11) is 1.99. The number of benzene rings is 1. The average molecular weight is 386 g/mol. The molecule has 0 unspecified atom stereocenters. The second kappa shape index (κ2) is 6.72. The first kappa shape index (κ1) is 12.2. The minimum Gasteiger partial charge on any atom is -0.317 e. The molecule has 1 atom stereocenters. The van der Waals surface area contributed by atoms with Gasteiger partial charge in [0.2, 0.25) is 0 Å². The van der Waals surface area contributed by atoms with E-state index in [1.54, 1.807) is 0 Å². The average Bonchev–Trinajstić information content (AvgIpc) is 2.06. The monoisotopic (exact) mass is 386 g/mol. The van der Waals surface area contributed by atoms with Crippen LogP contribution in [-0.2, 0) is 6.42 Å². The number of nitrogens with one attached hydrogen (secondary N) is 1. The van der Waals surface area contributed by atoms with E-state index < -0.39 is 0 Å². The van der Waals surface area contributed by atoms with Gasteiger partial charge in [0, 0.05) is 37.2 Å². The molecule has 0 saturated heterocycles. The van der Waals surface area contributed by atoms with Crippen molar-refractivity contribution in [2.45, 2.75) is 19.4 Å². The van der Waals surface area contributed by atoms with E-state index in [2.05, 4.69) is 30.4 Å². The molecule has 0 radical (unpaired) electrons. The molecule has 0 amide bonds. The summed E-state index contributed by atoms with van der Waals surface area (Å²) in [5, 5.41) is 3.20. The maximum atomic E-state index is 3.20. The van der Waals surface area contributed by atoms with Gasteiger partial charge in [0.05, 0.1) is 0 Å². The van der Waals surface area contributed by atoms with Crippen LogP contribution in [0.25, 0.3) is 0 Å². The molecule has 0 aliphatic carbocycles. The van der Waals surface area contributed by atoms with E-state index in [-0.39, 0.29) is 31.1 Å². The van der Waals surface area contributed by atoms with Crippen molar-refractivity contribution in [3.05, 3.63) is 35.9 Å². The van der Waals surface area contributed by atoms with Crippen LogP contribution in [0.1, 0.15) is 12.5 Å². The third-order valence-electron chi connectivity index (χ3n) is 1.82. The van der Waals surface area contributed by atoms with Crippen LogP contribution in [-0.4, -0.2) is 13.1 Å². The Bertz CT molecular complexity index is 198. The molecule has 0 saturated carbocycles. The molecule has 0 bridgehead atoms. The molecule has 0 aliphatic rings. The Balaban J connectivity index is 0.00000121. The predicted molar refractivity (Wildman–Crippen MR) is 47.5 cm³/mol. The normalized spacial score (nSPS) is 11.8. The van der Waals surface area contributed by atoms with Gasteiger partial charge < -0.3 is 5.32 Å². The fraction of sp³-hybridized carbons (Fsp3) is 0.400. The van der Waals surface area contributed by atoms with E-state index in [9.17, 15) is 0 Å². The third kappa shape index (κ3) is 4.31. The maximum Gasteiger partial charge on any atom is 0.00561 e. The van der Waals surface area contributed by atoms with Crippen LogP contribution in [0.5, 0.6) is 0 Å². The van der Waals surface area contributed by atoms with Gasteiger partial charge in [-0.1, -0.05) is 0 Å². The van der Waals surface area contributed by atoms with Crippen molar-refractivity contribution in [3.8, 4) is 0 Å². The second-order valence-corrected chi connectivity index (χ2v) is 2.80. The number of likely N-dealkylation sites (N-methyl/N-ethyl adjacent to an activating group) is 1. The first-order valence-electron chi connectivity index (χ1n) is 3.95. The zero-order valence-corrected chi connectivity index (χ0v) is 11.8. The van der Waals surface area contributed by atoms with Crippen molar-refractivity contribution >= 4 is 0 Å². The van der Waals surface area contributed by atoms with E-state index in [1.165, 1.54) is 5.56 Å². The quantitative estimate of drug-likeness (QED) is 0.779. The van der Waals surface area contributed by atoms with Gasteiger partial charge in [-0.05, 0) is 20.4 Å². The molecule has 0 heterocycles. The van der Waals surface area contributed by atoms with Crippen LogP contribution < -0.4 is 5.32 Å². The molecule has 0 fully saturated rings. The largest absolute Gasteiger partial charge is 0.317 e. The first-order valence-corrected chi connectivity index (χ1v) is 3.95. The third-order valence-corrected chi connectivity index (χ3v) is 1.82. The Morgan fingerprint density at radius 1 is 1.42 bits per heavy atom. The molecular weight excluding hydrogens is 372 g/mol. The molecule has 0 aromatic heterocycles. The Kier molecular flexibility index (Phi) is 6.85. The Morgan fingerprint density at radius 2 is 2.00 bits per heavy atom. The molecule has 1 aromatic rings. The van der Waals surface area contributed by atoms with Crippen LogP contribution in [0.2, 0.25) is 0 Å². The summed E-state index contributed by atoms with van der Waals surface area (Å²) in [6.07, 6.45) is 1.09. The number of hydrogen-bond donors (Lipinski definition) is 1. The Labute approximate surface area is 98.3 Å². The zero-order valence-electron chi connectivity index (χ0n) is 7.59. The summed E-state index contributed by atoms with van der Waals surface area (Å²) < 4.78 is 0. The van der Waals surface area contributed by atoms with Gasteiger partial charge >= 0.3 is 0 Å². The van der Waals surface area contributed by atoms with Crippen molar-refractivity contribution in [1.82, 2.24) is 5.32 Å². The standard InChI is InChI=1S/C10H14N.U/c1-9(11-2)8-10-6-4-3-5-7-10;/h4-7,9,11H,8H2,1-2H3;/q-1;/t9-;/m1./s1. The molecular formula is C10H14NU-. The van der Waals surface area contributed by atoms with Gasteiger partial charge in [0.25, 0.3) is 0 Å². The number of rotatable bonds is 3. The fourth-order valence-corrected chi connectivity index (χ4v) is 1.01. The van der Waals surface area contributed by atoms with Crippen molar-refractivity contribution in [2.24, 2.45) is 0 Å². The minimum atomic E-state index is 0. The summed E-state index contributed by atoms with van der Waals surface area (Å²) in [6, 6.07) is 11.7. The van der Waals surface area contributed by atoms with E-state index >= 15 is 0 Å². The van der Waals surface area contributed by atoms with Crippen molar-refractivity contribution in [2.75, 3.05) is 7.05 Å². The van der Waals surface area contributed by atoms with E-state index in [0.29, 0.717) is 6.04 Å². The molecule has 12 heavy (non-hydrogen) atoms. The molecule has 1 aromatic carbocycles. The predicted octanol–water partition coefficient (Wildman–Crippen LogP) is 1.64. The van der Waals surface area contributed by atoms with Crippen LogP contribution in [0.3, 0.4) is 0 Å². The summed E-state index contributed by atoms with van der Waals surface area (Å²) in [6.45, 7) is 2.18. The van der Waals surface area contributed by atoms with Gasteiger partial charge in [-0.15, -0.1) is 0 Å². The zero-order chi connectivity index (χ0) is 8.10. The Hall–Kier alpha value is 0.232. The van der Waals surface area contributed by atoms with E-state index in [0.717, 1.165) is 6.42 Å². The summed E-state index contributed by atoms with van der Waals surface area (Å²) >= 11 is 0. The Morgan fingerprint density at radius 3 is 2.50 bits per heavy atom. The summed E-state index contributed by atoms with van der Waals surface area (Å²) in [5.74, 6) is 0. The molecule has 1 rings (SSSR count). The number of hydrogen-bond acceptors (Lipinski definition) is 1. The van der Waals surface area contributed by atoms with Gasteiger partial charge in [-0.25, -0.2) is 0 Å². The fourth-order valence-electron chi connectivity index (χ4n) is 1.01. The molecule has 0 aliphatic heterocycles. The van der Waals surface area contributed by atoms with Crippen LogP contribution >= 0.6 is 0 Å². The topological polar surface area (TPSA) is 12.0 Å². The van der Waals surface area contributed by atoms with E-state index in [1.807, 2.05) is 19.2 Å². The van der Waals surface area contributed by atoms with Crippen LogP contribution in [0.4, 0.5) is 0 Å². The van der Waals surface area contributed by atoms with Crippen molar-refractivity contribution in [3.63, 3.8) is 0 Å². The summed E-state index contributed by atoms with van der Waals surface area (Å²) in [5.41, 5.74) is 1.37. The molecule has 1 nitrogen and oxygen atoms in total. The minimum absolute atomic E-state index is 0. The molecule has 0 spiro atoms. The van der Waals surface area contributed by atoms with Crippen molar-refractivity contribution < 1.29 is 31.1 Å².